The van der Waals surface area contributed by atoms with Crippen molar-refractivity contribution in [2.45, 2.75) is 38.6 Å². The first-order valence-corrected chi connectivity index (χ1v) is 4.95. The highest BCUT2D eigenvalue weighted by Gasteiger charge is 2.20. The van der Waals surface area contributed by atoms with Crippen LogP contribution in [0, 0.1) is 11.8 Å². The second-order valence-corrected chi connectivity index (χ2v) is 3.45. The van der Waals surface area contributed by atoms with Crippen molar-refractivity contribution in [2.24, 2.45) is 0 Å². The summed E-state index contributed by atoms with van der Waals surface area (Å²) in [6.07, 6.45) is 5.37. The molecule has 0 bridgehead atoms. The van der Waals surface area contributed by atoms with Crippen molar-refractivity contribution in [2.75, 3.05) is 13.1 Å². The van der Waals surface area contributed by atoms with Crippen LogP contribution in [0.3, 0.4) is 0 Å². The van der Waals surface area contributed by atoms with E-state index >= 15 is 0 Å². The first-order valence-electron chi connectivity index (χ1n) is 4.95. The van der Waals surface area contributed by atoms with E-state index in [1.807, 2.05) is 6.92 Å². The Kier molecular flexibility index (Phi) is 4.56. The molecule has 1 fully saturated rings. The largest absolute Gasteiger partial charge is 0.303 e. The summed E-state index contributed by atoms with van der Waals surface area (Å²) in [5.74, 6) is 5.96. The van der Waals surface area contributed by atoms with Gasteiger partial charge in [-0.15, -0.1) is 5.92 Å². The van der Waals surface area contributed by atoms with Gasteiger partial charge in [-0.05, 0) is 26.3 Å². The molecule has 0 N–H and O–H groups in total. The summed E-state index contributed by atoms with van der Waals surface area (Å²) in [6, 6.07) is 0.451. The van der Waals surface area contributed by atoms with E-state index in [-0.39, 0.29) is 0 Å². The van der Waals surface area contributed by atoms with Crippen LogP contribution in [0.15, 0.2) is 0 Å². The van der Waals surface area contributed by atoms with Crippen molar-refractivity contribution in [1.82, 2.24) is 4.90 Å². The van der Waals surface area contributed by atoms with Crippen molar-refractivity contribution in [3.8, 4) is 11.8 Å². The topological polar surface area (TPSA) is 20.3 Å². The van der Waals surface area contributed by atoms with Gasteiger partial charge in [0.1, 0.15) is 6.29 Å². The average Bonchev–Trinajstić information content (AvgIpc) is 2.17. The van der Waals surface area contributed by atoms with Crippen LogP contribution >= 0.6 is 0 Å². The lowest BCUT2D eigenvalue weighted by molar-refractivity contribution is -0.109. The van der Waals surface area contributed by atoms with E-state index in [0.717, 1.165) is 25.8 Å². The first kappa shape index (κ1) is 10.3. The molecule has 0 amide bonds. The van der Waals surface area contributed by atoms with Gasteiger partial charge in [-0.25, -0.2) is 0 Å². The zero-order valence-electron chi connectivity index (χ0n) is 8.25. The standard InChI is InChI=1S/C11H17NO/c1-2-3-8-12-9-5-4-6-11(12)7-10-13/h10-11H,4-9H2,1H3. The van der Waals surface area contributed by atoms with Gasteiger partial charge >= 0.3 is 0 Å². The van der Waals surface area contributed by atoms with Crippen molar-refractivity contribution in [1.29, 1.82) is 0 Å². The van der Waals surface area contributed by atoms with Gasteiger partial charge in [-0.3, -0.25) is 4.90 Å². The Hall–Kier alpha value is -0.810. The SMILES string of the molecule is CC#CCN1CCCCC1CC=O. The molecule has 0 radical (unpaired) electrons. The van der Waals surface area contributed by atoms with Crippen molar-refractivity contribution in [3.63, 3.8) is 0 Å². The zero-order valence-corrected chi connectivity index (χ0v) is 8.25. The molecule has 1 aliphatic rings. The Morgan fingerprint density at radius 3 is 3.08 bits per heavy atom. The van der Waals surface area contributed by atoms with Crippen LogP contribution in [0.25, 0.3) is 0 Å². The molecule has 1 heterocycles. The molecule has 0 saturated carbocycles. The van der Waals surface area contributed by atoms with Gasteiger partial charge < -0.3 is 4.79 Å². The number of carbonyl (C=O) groups is 1. The third-order valence-electron chi connectivity index (χ3n) is 2.58. The molecule has 2 nitrogen and oxygen atoms in total. The maximum Gasteiger partial charge on any atom is 0.121 e. The molecule has 0 spiro atoms. The predicted molar refractivity (Wildman–Crippen MR) is 53.3 cm³/mol. The summed E-state index contributed by atoms with van der Waals surface area (Å²) >= 11 is 0. The molecule has 1 atom stereocenters. The first-order chi connectivity index (χ1) is 6.38. The van der Waals surface area contributed by atoms with Crippen LogP contribution < -0.4 is 0 Å². The Morgan fingerprint density at radius 2 is 2.38 bits per heavy atom. The van der Waals surface area contributed by atoms with Gasteiger partial charge in [0.15, 0.2) is 0 Å². The van der Waals surface area contributed by atoms with Crippen molar-refractivity contribution >= 4 is 6.29 Å². The van der Waals surface area contributed by atoms with Crippen LogP contribution in [0.5, 0.6) is 0 Å². The summed E-state index contributed by atoms with van der Waals surface area (Å²) in [6.45, 7) is 3.79. The number of rotatable bonds is 3. The minimum absolute atomic E-state index is 0.451. The average molecular weight is 179 g/mol. The fraction of sp³-hybridized carbons (Fsp3) is 0.727. The van der Waals surface area contributed by atoms with Crippen molar-refractivity contribution in [3.05, 3.63) is 0 Å². The quantitative estimate of drug-likeness (QED) is 0.483. The van der Waals surface area contributed by atoms with Gasteiger partial charge in [-0.2, -0.15) is 0 Å². The summed E-state index contributed by atoms with van der Waals surface area (Å²) in [7, 11) is 0. The van der Waals surface area contributed by atoms with Gasteiger partial charge in [-0.1, -0.05) is 12.3 Å². The lowest BCUT2D eigenvalue weighted by Crippen LogP contribution is -2.39. The molecule has 1 aliphatic heterocycles. The fourth-order valence-corrected chi connectivity index (χ4v) is 1.83. The van der Waals surface area contributed by atoms with E-state index in [0.29, 0.717) is 12.5 Å². The molecule has 2 heteroatoms. The third kappa shape index (κ3) is 3.20. The second-order valence-electron chi connectivity index (χ2n) is 3.45. The molecule has 0 aromatic heterocycles. The highest BCUT2D eigenvalue weighted by molar-refractivity contribution is 5.50. The Morgan fingerprint density at radius 1 is 1.54 bits per heavy atom. The second kappa shape index (κ2) is 5.77. The van der Waals surface area contributed by atoms with Crippen LogP contribution in [0.2, 0.25) is 0 Å². The molecule has 1 saturated heterocycles. The Bertz CT molecular complexity index is 214. The number of likely N-dealkylation sites (tertiary alicyclic amines) is 1. The molecule has 72 valence electrons. The number of hydrogen-bond donors (Lipinski definition) is 0. The zero-order chi connectivity index (χ0) is 9.52. The van der Waals surface area contributed by atoms with Crippen LogP contribution in [0.1, 0.15) is 32.6 Å². The van der Waals surface area contributed by atoms with Crippen molar-refractivity contribution < 1.29 is 4.79 Å². The van der Waals surface area contributed by atoms with Gasteiger partial charge in [0.2, 0.25) is 0 Å². The lowest BCUT2D eigenvalue weighted by atomic mass is 10.00. The highest BCUT2D eigenvalue weighted by atomic mass is 16.1. The third-order valence-corrected chi connectivity index (χ3v) is 2.58. The van der Waals surface area contributed by atoms with E-state index < -0.39 is 0 Å². The van der Waals surface area contributed by atoms with E-state index in [2.05, 4.69) is 16.7 Å². The smallest absolute Gasteiger partial charge is 0.121 e. The fourth-order valence-electron chi connectivity index (χ4n) is 1.83. The molecular weight excluding hydrogens is 162 g/mol. The Labute approximate surface area is 80.3 Å². The molecule has 1 rings (SSSR count). The molecule has 0 aromatic rings. The van der Waals surface area contributed by atoms with Crippen LogP contribution in [0.4, 0.5) is 0 Å². The van der Waals surface area contributed by atoms with Gasteiger partial charge in [0.05, 0.1) is 6.54 Å². The highest BCUT2D eigenvalue weighted by Crippen LogP contribution is 2.17. The maximum absolute atomic E-state index is 10.4. The predicted octanol–water partition coefficient (Wildman–Crippen LogP) is 1.45. The normalized spacial score (nSPS) is 23.3. The number of aldehydes is 1. The number of piperidine rings is 1. The molecule has 0 aromatic carbocycles. The minimum Gasteiger partial charge on any atom is -0.303 e. The number of carbonyl (C=O) groups excluding carboxylic acids is 1. The molecular formula is C11H17NO. The van der Waals surface area contributed by atoms with Gasteiger partial charge in [0, 0.05) is 12.5 Å². The van der Waals surface area contributed by atoms with Crippen LogP contribution in [-0.2, 0) is 4.79 Å². The lowest BCUT2D eigenvalue weighted by Gasteiger charge is -2.33. The molecule has 13 heavy (non-hydrogen) atoms. The van der Waals surface area contributed by atoms with E-state index in [9.17, 15) is 4.79 Å². The number of nitrogens with zero attached hydrogens (tertiary/aromatic N) is 1. The van der Waals surface area contributed by atoms with E-state index in [1.54, 1.807) is 0 Å². The maximum atomic E-state index is 10.4. The Balaban J connectivity index is 2.43. The van der Waals surface area contributed by atoms with E-state index in [1.165, 1.54) is 12.8 Å². The van der Waals surface area contributed by atoms with E-state index in [4.69, 9.17) is 0 Å². The molecule has 0 aliphatic carbocycles. The summed E-state index contributed by atoms with van der Waals surface area (Å²) in [5.41, 5.74) is 0. The minimum atomic E-state index is 0.451. The summed E-state index contributed by atoms with van der Waals surface area (Å²) in [5, 5.41) is 0. The monoisotopic (exact) mass is 179 g/mol. The number of hydrogen-bond acceptors (Lipinski definition) is 2. The summed E-state index contributed by atoms with van der Waals surface area (Å²) < 4.78 is 0. The van der Waals surface area contributed by atoms with Crippen LogP contribution in [-0.4, -0.2) is 30.3 Å². The van der Waals surface area contributed by atoms with Gasteiger partial charge in [0.25, 0.3) is 0 Å². The molecule has 1 unspecified atom stereocenters. The summed E-state index contributed by atoms with van der Waals surface area (Å²) in [4.78, 5) is 12.8.